The van der Waals surface area contributed by atoms with Crippen molar-refractivity contribution >= 4 is 0 Å². The van der Waals surface area contributed by atoms with Crippen LogP contribution < -0.4 is 0 Å². The van der Waals surface area contributed by atoms with Crippen molar-refractivity contribution in [2.24, 2.45) is 0 Å². The maximum absolute atomic E-state index is 9.09. The molecule has 0 bridgehead atoms. The zero-order valence-corrected chi connectivity index (χ0v) is 5.79. The highest BCUT2D eigenvalue weighted by Crippen LogP contribution is 2.17. The first-order valence-corrected chi connectivity index (χ1v) is 3.30. The van der Waals surface area contributed by atoms with Gasteiger partial charge in [0.25, 0.3) is 0 Å². The molecule has 0 aromatic carbocycles. The summed E-state index contributed by atoms with van der Waals surface area (Å²) >= 11 is 0. The van der Waals surface area contributed by atoms with Crippen LogP contribution in [-0.4, -0.2) is 51.4 Å². The van der Waals surface area contributed by atoms with Gasteiger partial charge in [-0.1, -0.05) is 0 Å². The standard InChI is InChI=1S/C6H11O5/c7-1-4-6(10)5(9)3(8)2-11-4/h2-10H,1H2/t3-,4?,5-,6+/m1/s1. The third-order valence-electron chi connectivity index (χ3n) is 1.65. The van der Waals surface area contributed by atoms with Crippen LogP contribution in [0.5, 0.6) is 0 Å². The average Bonchev–Trinajstić information content (AvgIpc) is 2.01. The average molecular weight is 163 g/mol. The number of ether oxygens (including phenoxy) is 1. The molecule has 0 saturated carbocycles. The van der Waals surface area contributed by atoms with Gasteiger partial charge in [-0.25, -0.2) is 0 Å². The van der Waals surface area contributed by atoms with Crippen molar-refractivity contribution in [1.82, 2.24) is 0 Å². The molecule has 1 rings (SSSR count). The smallest absolute Gasteiger partial charge is 0.115 e. The van der Waals surface area contributed by atoms with Gasteiger partial charge in [0.1, 0.15) is 31.0 Å². The molecule has 1 aliphatic rings. The molecule has 5 nitrogen and oxygen atoms in total. The Labute approximate surface area is 63.8 Å². The molecule has 1 unspecified atom stereocenters. The highest BCUT2D eigenvalue weighted by Gasteiger charge is 2.37. The molecule has 1 heterocycles. The van der Waals surface area contributed by atoms with Crippen LogP contribution in [0, 0.1) is 6.61 Å². The molecule has 1 aliphatic heterocycles. The predicted octanol–water partition coefficient (Wildman–Crippen LogP) is -2.38. The summed E-state index contributed by atoms with van der Waals surface area (Å²) in [5.41, 5.74) is 0. The number of hydrogen-bond acceptors (Lipinski definition) is 5. The first-order valence-electron chi connectivity index (χ1n) is 3.30. The third-order valence-corrected chi connectivity index (χ3v) is 1.65. The van der Waals surface area contributed by atoms with E-state index < -0.39 is 24.4 Å². The second-order valence-electron chi connectivity index (χ2n) is 2.46. The molecule has 0 aliphatic carbocycles. The Morgan fingerprint density at radius 3 is 2.36 bits per heavy atom. The molecule has 4 N–H and O–H groups in total. The maximum atomic E-state index is 9.09. The molecule has 0 spiro atoms. The van der Waals surface area contributed by atoms with Gasteiger partial charge in [0, 0.05) is 0 Å². The molecule has 0 aromatic rings. The van der Waals surface area contributed by atoms with Crippen LogP contribution in [0.2, 0.25) is 0 Å². The van der Waals surface area contributed by atoms with Gasteiger partial charge in [0.05, 0.1) is 6.61 Å². The van der Waals surface area contributed by atoms with Crippen molar-refractivity contribution in [1.29, 1.82) is 0 Å². The maximum Gasteiger partial charge on any atom is 0.115 e. The fourth-order valence-electron chi connectivity index (χ4n) is 0.915. The summed E-state index contributed by atoms with van der Waals surface area (Å²) in [5.74, 6) is 0. The van der Waals surface area contributed by atoms with E-state index in [-0.39, 0.29) is 6.61 Å². The van der Waals surface area contributed by atoms with E-state index in [1.807, 2.05) is 0 Å². The SMILES string of the molecule is OCC1O[CH][C@@H](O)[C@@H](O)[C@H]1O. The van der Waals surface area contributed by atoms with Crippen LogP contribution >= 0.6 is 0 Å². The fourth-order valence-corrected chi connectivity index (χ4v) is 0.915. The van der Waals surface area contributed by atoms with E-state index in [1.54, 1.807) is 0 Å². The Bertz CT molecular complexity index is 126. The Hall–Kier alpha value is -0.200. The quantitative estimate of drug-likeness (QED) is 0.346. The van der Waals surface area contributed by atoms with Crippen LogP contribution in [0.3, 0.4) is 0 Å². The monoisotopic (exact) mass is 163 g/mol. The van der Waals surface area contributed by atoms with E-state index in [4.69, 9.17) is 20.4 Å². The highest BCUT2D eigenvalue weighted by molar-refractivity contribution is 4.91. The Morgan fingerprint density at radius 1 is 1.18 bits per heavy atom. The molecular weight excluding hydrogens is 152 g/mol. The molecule has 1 fully saturated rings. The number of rotatable bonds is 1. The molecule has 65 valence electrons. The van der Waals surface area contributed by atoms with Crippen molar-refractivity contribution in [3.8, 4) is 0 Å². The predicted molar refractivity (Wildman–Crippen MR) is 34.3 cm³/mol. The zero-order valence-electron chi connectivity index (χ0n) is 5.79. The second kappa shape index (κ2) is 3.46. The lowest BCUT2D eigenvalue weighted by atomic mass is 10.0. The lowest BCUT2D eigenvalue weighted by molar-refractivity contribution is -0.169. The molecule has 1 saturated heterocycles. The first-order chi connectivity index (χ1) is 5.16. The van der Waals surface area contributed by atoms with Crippen molar-refractivity contribution < 1.29 is 25.2 Å². The summed E-state index contributed by atoms with van der Waals surface area (Å²) in [6.45, 7) is 0.611. The Morgan fingerprint density at radius 2 is 1.82 bits per heavy atom. The van der Waals surface area contributed by atoms with Gasteiger partial charge < -0.3 is 25.2 Å². The zero-order chi connectivity index (χ0) is 8.43. The Balaban J connectivity index is 2.52. The van der Waals surface area contributed by atoms with Crippen LogP contribution in [-0.2, 0) is 4.74 Å². The number of hydrogen-bond donors (Lipinski definition) is 4. The molecular formula is C6H11O5. The normalized spacial score (nSPS) is 45.8. The molecule has 0 aromatic heterocycles. The lowest BCUT2D eigenvalue weighted by Crippen LogP contribution is -2.52. The molecule has 1 radical (unpaired) electrons. The number of aliphatic hydroxyl groups is 4. The van der Waals surface area contributed by atoms with Gasteiger partial charge in [-0.05, 0) is 0 Å². The summed E-state index contributed by atoms with van der Waals surface area (Å²) < 4.78 is 4.69. The molecule has 0 amide bonds. The summed E-state index contributed by atoms with van der Waals surface area (Å²) in [6, 6.07) is 0. The Kier molecular flexibility index (Phi) is 2.80. The summed E-state index contributed by atoms with van der Waals surface area (Å²) in [7, 11) is 0. The summed E-state index contributed by atoms with van der Waals surface area (Å²) in [5, 5.41) is 35.6. The largest absolute Gasteiger partial charge is 0.394 e. The van der Waals surface area contributed by atoms with E-state index >= 15 is 0 Å². The highest BCUT2D eigenvalue weighted by atomic mass is 16.5. The van der Waals surface area contributed by atoms with Gasteiger partial charge in [-0.3, -0.25) is 0 Å². The fraction of sp³-hybridized carbons (Fsp3) is 0.833. The van der Waals surface area contributed by atoms with Crippen molar-refractivity contribution in [3.05, 3.63) is 6.61 Å². The minimum atomic E-state index is -1.28. The minimum absolute atomic E-state index is 0.387. The number of aliphatic hydroxyl groups excluding tert-OH is 4. The minimum Gasteiger partial charge on any atom is -0.394 e. The van der Waals surface area contributed by atoms with Crippen LogP contribution in [0.1, 0.15) is 0 Å². The van der Waals surface area contributed by atoms with E-state index in [0.29, 0.717) is 0 Å². The first kappa shape index (κ1) is 8.89. The van der Waals surface area contributed by atoms with Crippen LogP contribution in [0.4, 0.5) is 0 Å². The van der Waals surface area contributed by atoms with E-state index in [9.17, 15) is 0 Å². The molecule has 4 atom stereocenters. The lowest BCUT2D eigenvalue weighted by Gasteiger charge is -2.33. The van der Waals surface area contributed by atoms with Crippen molar-refractivity contribution in [2.75, 3.05) is 6.61 Å². The van der Waals surface area contributed by atoms with Crippen molar-refractivity contribution in [3.63, 3.8) is 0 Å². The molecule has 5 heteroatoms. The van der Waals surface area contributed by atoms with Gasteiger partial charge in [-0.15, -0.1) is 0 Å². The van der Waals surface area contributed by atoms with E-state index in [0.717, 1.165) is 6.61 Å². The second-order valence-corrected chi connectivity index (χ2v) is 2.46. The van der Waals surface area contributed by atoms with Gasteiger partial charge >= 0.3 is 0 Å². The van der Waals surface area contributed by atoms with Crippen molar-refractivity contribution in [2.45, 2.75) is 24.4 Å². The molecule has 11 heavy (non-hydrogen) atoms. The third kappa shape index (κ3) is 1.69. The van der Waals surface area contributed by atoms with Gasteiger partial charge in [-0.2, -0.15) is 0 Å². The van der Waals surface area contributed by atoms with Gasteiger partial charge in [0.15, 0.2) is 0 Å². The van der Waals surface area contributed by atoms with Crippen LogP contribution in [0.25, 0.3) is 0 Å². The van der Waals surface area contributed by atoms with Gasteiger partial charge in [0.2, 0.25) is 0 Å². The topological polar surface area (TPSA) is 90.2 Å². The summed E-state index contributed by atoms with van der Waals surface area (Å²) in [6.07, 6.45) is -4.54. The van der Waals surface area contributed by atoms with E-state index in [1.165, 1.54) is 0 Å². The van der Waals surface area contributed by atoms with Crippen LogP contribution in [0.15, 0.2) is 0 Å². The summed E-state index contributed by atoms with van der Waals surface area (Å²) in [4.78, 5) is 0. The van der Waals surface area contributed by atoms with E-state index in [2.05, 4.69) is 4.74 Å².